The lowest BCUT2D eigenvalue weighted by molar-refractivity contribution is -0.127. The summed E-state index contributed by atoms with van der Waals surface area (Å²) in [5, 5.41) is 21.5. The molecule has 22 heteroatoms. The molecule has 0 aliphatic rings. The van der Waals surface area contributed by atoms with E-state index < -0.39 is 55.5 Å². The van der Waals surface area contributed by atoms with E-state index >= 15 is 0 Å². The van der Waals surface area contributed by atoms with Gasteiger partial charge in [-0.3, -0.25) is 19.2 Å². The Bertz CT molecular complexity index is 2480. The molecule has 0 aliphatic carbocycles. The average molecular weight is 1010 g/mol. The summed E-state index contributed by atoms with van der Waals surface area (Å²) in [7, 11) is -7.55. The van der Waals surface area contributed by atoms with Crippen LogP contribution in [0.5, 0.6) is 0 Å². The van der Waals surface area contributed by atoms with Gasteiger partial charge in [0.05, 0.1) is 19.8 Å². The Morgan fingerprint density at radius 2 is 0.882 bits per heavy atom. The van der Waals surface area contributed by atoms with E-state index in [-0.39, 0.29) is 55.7 Å². The van der Waals surface area contributed by atoms with Crippen LogP contribution < -0.4 is 20.1 Å². The SMILES string of the molecule is CCN(CC)CCCNS(=O)(=O)c1ccc(NC(=O)C(N=Nc2ccc(-c3ccc(N=NC(C(C)=O)C(=O)Nc4ccc(S(=O)(=O)NCCCN(CC)CC)cc4)c(Cl)c3)cc2Cl)C(C)=O)cc1. The van der Waals surface area contributed by atoms with E-state index in [9.17, 15) is 36.0 Å². The highest BCUT2D eigenvalue weighted by Crippen LogP contribution is 2.35. The first kappa shape index (κ1) is 55.3. The molecular weight excluding hydrogens is 956 g/mol. The number of anilines is 2. The van der Waals surface area contributed by atoms with E-state index in [0.29, 0.717) is 24.0 Å². The van der Waals surface area contributed by atoms with Crippen molar-refractivity contribution in [3.8, 4) is 11.1 Å². The van der Waals surface area contributed by atoms with Crippen LogP contribution in [0.2, 0.25) is 10.0 Å². The number of Topliss-reactive ketones (excluding diaryl/α,β-unsaturated/α-hetero) is 2. The lowest BCUT2D eigenvalue weighted by Gasteiger charge is -2.17. The van der Waals surface area contributed by atoms with Crippen LogP contribution in [0.4, 0.5) is 22.7 Å². The van der Waals surface area contributed by atoms with Crippen molar-refractivity contribution in [3.05, 3.63) is 95.0 Å². The summed E-state index contributed by atoms with van der Waals surface area (Å²) in [5.74, 6) is -2.77. The normalized spacial score (nSPS) is 13.0. The molecule has 18 nitrogen and oxygen atoms in total. The molecule has 0 saturated heterocycles. The quantitative estimate of drug-likeness (QED) is 0.0255. The fourth-order valence-corrected chi connectivity index (χ4v) is 9.12. The molecule has 0 fully saturated rings. The zero-order valence-corrected chi connectivity index (χ0v) is 42.0. The Hall–Kier alpha value is -5.32. The van der Waals surface area contributed by atoms with Gasteiger partial charge in [-0.15, -0.1) is 0 Å². The van der Waals surface area contributed by atoms with Gasteiger partial charge in [-0.2, -0.15) is 20.5 Å². The maximum atomic E-state index is 13.1. The van der Waals surface area contributed by atoms with Crippen molar-refractivity contribution in [1.29, 1.82) is 0 Å². The number of nitrogens with zero attached hydrogens (tertiary/aromatic N) is 6. The van der Waals surface area contributed by atoms with E-state index in [4.69, 9.17) is 23.2 Å². The van der Waals surface area contributed by atoms with E-state index in [1.54, 1.807) is 24.3 Å². The monoisotopic (exact) mass is 1010 g/mol. The van der Waals surface area contributed by atoms with Crippen molar-refractivity contribution < 1.29 is 36.0 Å². The highest BCUT2D eigenvalue weighted by atomic mass is 35.5. The predicted molar refractivity (Wildman–Crippen MR) is 265 cm³/mol. The van der Waals surface area contributed by atoms with Crippen molar-refractivity contribution >= 4 is 89.4 Å². The van der Waals surface area contributed by atoms with Crippen LogP contribution in [0.15, 0.2) is 115 Å². The number of hydrogen-bond acceptors (Lipinski definition) is 14. The standard InChI is InChI=1S/C46H58Cl2N10O8S2/c1-7-57(8-2)27-11-25-49-67(63,64)37-19-15-35(16-20-37)51-45(61)43(31(5)59)55-53-41-23-13-33(29-39(41)47)34-14-24-42(40(48)30-34)54-56-44(32(6)60)46(62)52-36-17-21-38(22-18-36)68(65,66)50-26-12-28-58(9-3)10-4/h13-24,29-30,43-44,49-50H,7-12,25-28H2,1-6H3,(H,51,61)(H,52,62). The molecule has 0 bridgehead atoms. The zero-order chi connectivity index (χ0) is 50.0. The van der Waals surface area contributed by atoms with Crippen LogP contribution in [0.1, 0.15) is 54.4 Å². The molecule has 0 saturated carbocycles. The fraction of sp³-hybridized carbons (Fsp3) is 0.391. The molecule has 4 aromatic carbocycles. The van der Waals surface area contributed by atoms with Crippen LogP contribution in [0.25, 0.3) is 11.1 Å². The number of benzene rings is 4. The molecular formula is C46H58Cl2N10O8S2. The zero-order valence-electron chi connectivity index (χ0n) is 38.8. The Balaban J connectivity index is 1.35. The van der Waals surface area contributed by atoms with Crippen molar-refractivity contribution in [3.63, 3.8) is 0 Å². The summed E-state index contributed by atoms with van der Waals surface area (Å²) < 4.78 is 56.3. The smallest absolute Gasteiger partial charge is 0.258 e. The predicted octanol–water partition coefficient (Wildman–Crippen LogP) is 8.04. The molecule has 0 spiro atoms. The molecule has 68 heavy (non-hydrogen) atoms. The van der Waals surface area contributed by atoms with Crippen molar-refractivity contribution in [2.75, 3.05) is 63.0 Å². The topological polar surface area (TPSA) is 241 Å². The van der Waals surface area contributed by atoms with Crippen LogP contribution in [0, 0.1) is 0 Å². The molecule has 4 rings (SSSR count). The number of halogens is 2. The second kappa shape index (κ2) is 26.4. The first-order valence-electron chi connectivity index (χ1n) is 22.0. The maximum absolute atomic E-state index is 13.1. The van der Waals surface area contributed by atoms with Crippen molar-refractivity contribution in [1.82, 2.24) is 19.2 Å². The molecule has 2 atom stereocenters. The average Bonchev–Trinajstić information content (AvgIpc) is 3.30. The number of rotatable bonds is 27. The van der Waals surface area contributed by atoms with E-state index in [2.05, 4.69) is 50.3 Å². The summed E-state index contributed by atoms with van der Waals surface area (Å²) in [4.78, 5) is 55.6. The third-order valence-electron chi connectivity index (χ3n) is 10.6. The van der Waals surface area contributed by atoms with Crippen molar-refractivity contribution in [2.45, 2.75) is 76.3 Å². The number of carbonyl (C=O) groups is 4. The van der Waals surface area contributed by atoms with Gasteiger partial charge in [0, 0.05) is 24.5 Å². The molecule has 366 valence electrons. The van der Waals surface area contributed by atoms with Crippen LogP contribution in [-0.4, -0.2) is 114 Å². The Kier molecular flexibility index (Phi) is 21.5. The van der Waals surface area contributed by atoms with Gasteiger partial charge in [0.2, 0.25) is 32.1 Å². The molecule has 0 aromatic heterocycles. The summed E-state index contributed by atoms with van der Waals surface area (Å²) in [5.41, 5.74) is 2.02. The van der Waals surface area contributed by atoms with Gasteiger partial charge < -0.3 is 20.4 Å². The van der Waals surface area contributed by atoms with Crippen LogP contribution in [-0.2, 0) is 39.2 Å². The number of ketones is 2. The Morgan fingerprint density at radius 3 is 1.18 bits per heavy atom. The summed E-state index contributed by atoms with van der Waals surface area (Å²) in [6, 6.07) is 17.5. The summed E-state index contributed by atoms with van der Waals surface area (Å²) in [6.45, 7) is 16.1. The lowest BCUT2D eigenvalue weighted by atomic mass is 10.0. The number of carbonyl (C=O) groups excluding carboxylic acids is 4. The summed E-state index contributed by atoms with van der Waals surface area (Å²) in [6.07, 6.45) is 1.30. The van der Waals surface area contributed by atoms with Gasteiger partial charge in [-0.05, 0) is 150 Å². The number of hydrogen-bond donors (Lipinski definition) is 4. The molecule has 0 heterocycles. The molecule has 2 amide bonds. The Morgan fingerprint density at radius 1 is 0.544 bits per heavy atom. The maximum Gasteiger partial charge on any atom is 0.258 e. The van der Waals surface area contributed by atoms with Gasteiger partial charge >= 0.3 is 0 Å². The first-order chi connectivity index (χ1) is 32.3. The second-order valence-electron chi connectivity index (χ2n) is 15.4. The minimum Gasteiger partial charge on any atom is -0.324 e. The highest BCUT2D eigenvalue weighted by Gasteiger charge is 2.25. The fourth-order valence-electron chi connectivity index (χ4n) is 6.53. The molecule has 4 aromatic rings. The molecule has 2 unspecified atom stereocenters. The van der Waals surface area contributed by atoms with Crippen molar-refractivity contribution in [2.24, 2.45) is 20.5 Å². The second-order valence-corrected chi connectivity index (χ2v) is 19.7. The Labute approximate surface area is 408 Å². The minimum absolute atomic E-state index is 0.0205. The van der Waals surface area contributed by atoms with Crippen LogP contribution >= 0.6 is 23.2 Å². The van der Waals surface area contributed by atoms with Crippen LogP contribution in [0.3, 0.4) is 0 Å². The largest absolute Gasteiger partial charge is 0.324 e. The van der Waals surface area contributed by atoms with Gasteiger partial charge in [0.25, 0.3) is 11.8 Å². The van der Waals surface area contributed by atoms with Gasteiger partial charge in [0.15, 0.2) is 11.6 Å². The number of nitrogens with one attached hydrogen (secondary N) is 4. The van der Waals surface area contributed by atoms with E-state index in [1.807, 2.05) is 27.7 Å². The molecule has 4 N–H and O–H groups in total. The first-order valence-corrected chi connectivity index (χ1v) is 25.7. The number of sulfonamides is 2. The third-order valence-corrected chi connectivity index (χ3v) is 14.2. The number of azo groups is 2. The van der Waals surface area contributed by atoms with Gasteiger partial charge in [-0.1, -0.05) is 63.0 Å². The summed E-state index contributed by atoms with van der Waals surface area (Å²) >= 11 is 13.1. The molecule has 0 radical (unpaired) electrons. The third kappa shape index (κ3) is 16.4. The minimum atomic E-state index is -3.77. The van der Waals surface area contributed by atoms with Gasteiger partial charge in [-0.25, -0.2) is 26.3 Å². The number of amides is 2. The van der Waals surface area contributed by atoms with E-state index in [0.717, 1.165) is 39.3 Å². The molecule has 0 aliphatic heterocycles. The van der Waals surface area contributed by atoms with Gasteiger partial charge in [0.1, 0.15) is 11.4 Å². The van der Waals surface area contributed by atoms with E-state index in [1.165, 1.54) is 74.5 Å². The highest BCUT2D eigenvalue weighted by molar-refractivity contribution is 7.89. The lowest BCUT2D eigenvalue weighted by Crippen LogP contribution is -2.32.